The second-order valence-corrected chi connectivity index (χ2v) is 5.76. The topological polar surface area (TPSA) is 64.8 Å². The molecule has 1 aromatic carbocycles. The van der Waals surface area contributed by atoms with E-state index in [9.17, 15) is 4.79 Å². The molecule has 1 heterocycles. The maximum atomic E-state index is 11.1. The van der Waals surface area contributed by atoms with Crippen molar-refractivity contribution in [2.24, 2.45) is 5.73 Å². The van der Waals surface area contributed by atoms with Crippen LogP contribution in [0.2, 0.25) is 0 Å². The molecular weight excluding hydrogens is 256 g/mol. The summed E-state index contributed by atoms with van der Waals surface area (Å²) in [5.41, 5.74) is 4.96. The van der Waals surface area contributed by atoms with E-state index < -0.39 is 0 Å². The van der Waals surface area contributed by atoms with E-state index in [2.05, 4.69) is 0 Å². The Bertz CT molecular complexity index is 448. The summed E-state index contributed by atoms with van der Waals surface area (Å²) in [6.45, 7) is 6.08. The van der Waals surface area contributed by atoms with E-state index in [4.69, 9.17) is 15.2 Å². The van der Waals surface area contributed by atoms with Crippen LogP contribution < -0.4 is 10.5 Å². The summed E-state index contributed by atoms with van der Waals surface area (Å²) in [5, 5.41) is 0. The molecule has 0 unspecified atom stereocenters. The third-order valence-corrected chi connectivity index (χ3v) is 3.11. The van der Waals surface area contributed by atoms with Crippen molar-refractivity contribution in [2.45, 2.75) is 25.6 Å². The van der Waals surface area contributed by atoms with Gasteiger partial charge in [0, 0.05) is 13.1 Å². The van der Waals surface area contributed by atoms with E-state index in [-0.39, 0.29) is 24.2 Å². The zero-order valence-electron chi connectivity index (χ0n) is 12.0. The summed E-state index contributed by atoms with van der Waals surface area (Å²) >= 11 is 0. The Morgan fingerprint density at radius 1 is 1.45 bits per heavy atom. The summed E-state index contributed by atoms with van der Waals surface area (Å²) in [6.07, 6.45) is -0.0710. The standard InChI is InChI=1S/C15H22N2O3/c1-15(2)11-17(9-14(16)18)8-13(20-15)10-19-12-6-4-3-5-7-12/h3-7,13H,8-11H2,1-2H3,(H2,16,18)/t13-/m0/s1. The number of morpholine rings is 1. The van der Waals surface area contributed by atoms with Gasteiger partial charge in [-0.05, 0) is 26.0 Å². The highest BCUT2D eigenvalue weighted by atomic mass is 16.5. The van der Waals surface area contributed by atoms with Crippen molar-refractivity contribution in [3.63, 3.8) is 0 Å². The lowest BCUT2D eigenvalue weighted by Crippen LogP contribution is -2.55. The Labute approximate surface area is 119 Å². The molecule has 0 spiro atoms. The van der Waals surface area contributed by atoms with Crippen molar-refractivity contribution in [1.29, 1.82) is 0 Å². The average molecular weight is 278 g/mol. The number of rotatable bonds is 5. The molecule has 0 radical (unpaired) electrons. The SMILES string of the molecule is CC1(C)CN(CC(N)=O)C[C@@H](COc2ccccc2)O1. The molecule has 20 heavy (non-hydrogen) atoms. The van der Waals surface area contributed by atoms with Gasteiger partial charge in [-0.2, -0.15) is 0 Å². The molecule has 1 aliphatic rings. The first kappa shape index (κ1) is 14.8. The maximum absolute atomic E-state index is 11.1. The quantitative estimate of drug-likeness (QED) is 0.873. The largest absolute Gasteiger partial charge is 0.491 e. The van der Waals surface area contributed by atoms with Crippen LogP contribution in [0.5, 0.6) is 5.75 Å². The van der Waals surface area contributed by atoms with Crippen LogP contribution in [0.3, 0.4) is 0 Å². The average Bonchev–Trinajstić information content (AvgIpc) is 2.35. The van der Waals surface area contributed by atoms with Gasteiger partial charge in [0.2, 0.25) is 5.91 Å². The molecule has 0 aliphatic carbocycles. The molecule has 1 saturated heterocycles. The fourth-order valence-electron chi connectivity index (χ4n) is 2.55. The number of nitrogens with zero attached hydrogens (tertiary/aromatic N) is 1. The van der Waals surface area contributed by atoms with E-state index in [1.165, 1.54) is 0 Å². The van der Waals surface area contributed by atoms with Gasteiger partial charge in [-0.15, -0.1) is 0 Å². The highest BCUT2D eigenvalue weighted by Crippen LogP contribution is 2.21. The number of para-hydroxylation sites is 1. The molecule has 0 saturated carbocycles. The van der Waals surface area contributed by atoms with Gasteiger partial charge >= 0.3 is 0 Å². The van der Waals surface area contributed by atoms with E-state index in [1.807, 2.05) is 49.1 Å². The number of primary amides is 1. The zero-order valence-corrected chi connectivity index (χ0v) is 12.0. The summed E-state index contributed by atoms with van der Waals surface area (Å²) in [6, 6.07) is 9.63. The van der Waals surface area contributed by atoms with Crippen LogP contribution in [0.15, 0.2) is 30.3 Å². The molecule has 5 heteroatoms. The number of hydrogen-bond donors (Lipinski definition) is 1. The lowest BCUT2D eigenvalue weighted by Gasteiger charge is -2.42. The van der Waals surface area contributed by atoms with E-state index in [0.717, 1.165) is 5.75 Å². The predicted molar refractivity (Wildman–Crippen MR) is 76.5 cm³/mol. The Kier molecular flexibility index (Phi) is 4.62. The molecule has 2 rings (SSSR count). The summed E-state index contributed by atoms with van der Waals surface area (Å²) in [5.74, 6) is 0.506. The fraction of sp³-hybridized carbons (Fsp3) is 0.533. The molecule has 1 atom stereocenters. The fourth-order valence-corrected chi connectivity index (χ4v) is 2.55. The minimum Gasteiger partial charge on any atom is -0.491 e. The van der Waals surface area contributed by atoms with E-state index in [1.54, 1.807) is 0 Å². The maximum Gasteiger partial charge on any atom is 0.231 e. The van der Waals surface area contributed by atoms with Crippen molar-refractivity contribution in [2.75, 3.05) is 26.2 Å². The van der Waals surface area contributed by atoms with E-state index in [0.29, 0.717) is 19.7 Å². The first-order valence-electron chi connectivity index (χ1n) is 6.81. The van der Waals surface area contributed by atoms with Gasteiger partial charge in [-0.1, -0.05) is 18.2 Å². The number of ether oxygens (including phenoxy) is 2. The normalized spacial score (nSPS) is 22.4. The first-order chi connectivity index (χ1) is 9.44. The zero-order chi connectivity index (χ0) is 14.6. The molecule has 2 N–H and O–H groups in total. The summed E-state index contributed by atoms with van der Waals surface area (Å²) in [7, 11) is 0. The van der Waals surface area contributed by atoms with Crippen LogP contribution in [0, 0.1) is 0 Å². The second-order valence-electron chi connectivity index (χ2n) is 5.76. The van der Waals surface area contributed by atoms with Gasteiger partial charge < -0.3 is 15.2 Å². The van der Waals surface area contributed by atoms with Crippen LogP contribution in [0.4, 0.5) is 0 Å². The van der Waals surface area contributed by atoms with Crippen LogP contribution >= 0.6 is 0 Å². The summed E-state index contributed by atoms with van der Waals surface area (Å²) in [4.78, 5) is 13.1. The molecule has 1 fully saturated rings. The van der Waals surface area contributed by atoms with Crippen molar-refractivity contribution in [3.8, 4) is 5.75 Å². The molecule has 1 aromatic rings. The Morgan fingerprint density at radius 2 is 2.15 bits per heavy atom. The Morgan fingerprint density at radius 3 is 2.80 bits per heavy atom. The van der Waals surface area contributed by atoms with Crippen molar-refractivity contribution in [3.05, 3.63) is 30.3 Å². The highest BCUT2D eigenvalue weighted by Gasteiger charge is 2.34. The van der Waals surface area contributed by atoms with Gasteiger partial charge in [-0.25, -0.2) is 0 Å². The van der Waals surface area contributed by atoms with Crippen molar-refractivity contribution >= 4 is 5.91 Å². The number of nitrogens with two attached hydrogens (primary N) is 1. The molecule has 0 aromatic heterocycles. The lowest BCUT2D eigenvalue weighted by atomic mass is 10.1. The molecule has 1 amide bonds. The van der Waals surface area contributed by atoms with Gasteiger partial charge in [0.05, 0.1) is 12.1 Å². The molecule has 5 nitrogen and oxygen atoms in total. The molecule has 110 valence electrons. The van der Waals surface area contributed by atoms with Crippen LogP contribution in [0.25, 0.3) is 0 Å². The summed E-state index contributed by atoms with van der Waals surface area (Å²) < 4.78 is 11.7. The molecule has 0 bridgehead atoms. The van der Waals surface area contributed by atoms with Crippen LogP contribution in [-0.2, 0) is 9.53 Å². The van der Waals surface area contributed by atoms with Crippen LogP contribution in [0.1, 0.15) is 13.8 Å². The highest BCUT2D eigenvalue weighted by molar-refractivity contribution is 5.75. The third kappa shape index (κ3) is 4.51. The van der Waals surface area contributed by atoms with Gasteiger partial charge in [0.15, 0.2) is 0 Å². The first-order valence-corrected chi connectivity index (χ1v) is 6.81. The number of carbonyl (C=O) groups excluding carboxylic acids is 1. The van der Waals surface area contributed by atoms with Gasteiger partial charge in [0.1, 0.15) is 18.5 Å². The smallest absolute Gasteiger partial charge is 0.231 e. The monoisotopic (exact) mass is 278 g/mol. The van der Waals surface area contributed by atoms with Crippen LogP contribution in [-0.4, -0.2) is 48.8 Å². The number of benzene rings is 1. The number of amides is 1. The lowest BCUT2D eigenvalue weighted by molar-refractivity contribution is -0.150. The Balaban J connectivity index is 1.91. The third-order valence-electron chi connectivity index (χ3n) is 3.11. The number of carbonyl (C=O) groups is 1. The minimum atomic E-state index is -0.314. The molecular formula is C15H22N2O3. The predicted octanol–water partition coefficient (Wildman–Crippen LogP) is 1.03. The second kappa shape index (κ2) is 6.24. The number of hydrogen-bond acceptors (Lipinski definition) is 4. The molecule has 1 aliphatic heterocycles. The Hall–Kier alpha value is -1.59. The van der Waals surface area contributed by atoms with Crippen molar-refractivity contribution < 1.29 is 14.3 Å². The van der Waals surface area contributed by atoms with E-state index >= 15 is 0 Å². The minimum absolute atomic E-state index is 0.0710. The van der Waals surface area contributed by atoms with Crippen molar-refractivity contribution in [1.82, 2.24) is 4.90 Å². The van der Waals surface area contributed by atoms with Gasteiger partial charge in [0.25, 0.3) is 0 Å². The van der Waals surface area contributed by atoms with Gasteiger partial charge in [-0.3, -0.25) is 9.69 Å².